The minimum atomic E-state index is -0.131. The van der Waals surface area contributed by atoms with E-state index in [4.69, 9.17) is 4.98 Å². The van der Waals surface area contributed by atoms with Crippen LogP contribution in [0.25, 0.3) is 56.1 Å². The molecule has 1 amide bonds. The molecule has 0 aliphatic carbocycles. The number of H-pyrrole nitrogens is 2. The first-order valence-corrected chi connectivity index (χ1v) is 11.4. The van der Waals surface area contributed by atoms with E-state index in [0.717, 1.165) is 33.2 Å². The van der Waals surface area contributed by atoms with E-state index in [1.54, 1.807) is 31.0 Å². The highest BCUT2D eigenvalue weighted by atomic mass is 16.1. The minimum Gasteiger partial charge on any atom is -0.335 e. The maximum Gasteiger partial charge on any atom is 0.226 e. The molecule has 6 heterocycles. The zero-order valence-corrected chi connectivity index (χ0v) is 19.5. The van der Waals surface area contributed by atoms with Gasteiger partial charge in [0.05, 0.1) is 40.5 Å². The first kappa shape index (κ1) is 21.5. The van der Waals surface area contributed by atoms with Crippen molar-refractivity contribution in [2.24, 2.45) is 5.92 Å². The van der Waals surface area contributed by atoms with Gasteiger partial charge in [-0.25, -0.2) is 9.97 Å². The molecule has 10 heteroatoms. The molecule has 0 aliphatic rings. The Kier molecular flexibility index (Phi) is 5.18. The summed E-state index contributed by atoms with van der Waals surface area (Å²) in [6.45, 7) is 3.69. The van der Waals surface area contributed by atoms with Crippen LogP contribution in [-0.2, 0) is 4.79 Å². The van der Waals surface area contributed by atoms with Gasteiger partial charge in [0.1, 0.15) is 5.69 Å². The standard InChI is InChI=1S/C26H21N9O/c1-14(2)26(36)31-16-9-15(11-27-12-16)20-10-18-21(13-30-20)34-35-23(18)25-32-22-17(6-8-29-24(22)33-25)19-5-3-4-7-28-19/h3-14H,1-2H3,(H,31,36)(H,34,35)(H,29,32,33). The number of amides is 1. The quantitative estimate of drug-likeness (QED) is 0.331. The van der Waals surface area contributed by atoms with Crippen molar-refractivity contribution in [2.45, 2.75) is 13.8 Å². The van der Waals surface area contributed by atoms with Crippen molar-refractivity contribution < 1.29 is 4.79 Å². The average molecular weight is 476 g/mol. The summed E-state index contributed by atoms with van der Waals surface area (Å²) in [5.74, 6) is 0.381. The average Bonchev–Trinajstić information content (AvgIpc) is 3.53. The number of hydrogen-bond donors (Lipinski definition) is 3. The topological polar surface area (TPSA) is 138 Å². The van der Waals surface area contributed by atoms with Gasteiger partial charge >= 0.3 is 0 Å². The molecule has 6 rings (SSSR count). The molecule has 176 valence electrons. The first-order valence-electron chi connectivity index (χ1n) is 11.4. The summed E-state index contributed by atoms with van der Waals surface area (Å²) in [4.78, 5) is 37.9. The lowest BCUT2D eigenvalue weighted by Gasteiger charge is -2.08. The van der Waals surface area contributed by atoms with Gasteiger partial charge in [-0.05, 0) is 30.3 Å². The number of pyridine rings is 4. The van der Waals surface area contributed by atoms with E-state index in [0.29, 0.717) is 28.5 Å². The molecule has 3 N–H and O–H groups in total. The number of aromatic nitrogens is 8. The van der Waals surface area contributed by atoms with E-state index >= 15 is 0 Å². The monoisotopic (exact) mass is 475 g/mol. The second-order valence-corrected chi connectivity index (χ2v) is 8.65. The highest BCUT2D eigenvalue weighted by Gasteiger charge is 2.17. The van der Waals surface area contributed by atoms with E-state index in [-0.39, 0.29) is 11.8 Å². The summed E-state index contributed by atoms with van der Waals surface area (Å²) >= 11 is 0. The molecule has 0 radical (unpaired) electrons. The Morgan fingerprint density at radius 1 is 0.972 bits per heavy atom. The van der Waals surface area contributed by atoms with Crippen LogP contribution in [0.4, 0.5) is 5.69 Å². The van der Waals surface area contributed by atoms with Crippen LogP contribution >= 0.6 is 0 Å². The number of hydrogen-bond acceptors (Lipinski definition) is 7. The summed E-state index contributed by atoms with van der Waals surface area (Å²) in [6, 6.07) is 11.5. The van der Waals surface area contributed by atoms with Gasteiger partial charge < -0.3 is 10.3 Å². The van der Waals surface area contributed by atoms with Crippen LogP contribution in [0.5, 0.6) is 0 Å². The number of carbonyl (C=O) groups is 1. The molecule has 0 spiro atoms. The fraction of sp³-hybridized carbons (Fsp3) is 0.115. The molecule has 0 unspecified atom stereocenters. The third kappa shape index (κ3) is 3.84. The lowest BCUT2D eigenvalue weighted by atomic mass is 10.1. The van der Waals surface area contributed by atoms with E-state index < -0.39 is 0 Å². The predicted octanol–water partition coefficient (Wildman–Crippen LogP) is 4.61. The number of nitrogens with one attached hydrogen (secondary N) is 3. The summed E-state index contributed by atoms with van der Waals surface area (Å²) in [5, 5.41) is 11.3. The Morgan fingerprint density at radius 3 is 2.72 bits per heavy atom. The van der Waals surface area contributed by atoms with Crippen molar-refractivity contribution in [3.05, 3.63) is 67.4 Å². The van der Waals surface area contributed by atoms with E-state index in [9.17, 15) is 4.79 Å². The van der Waals surface area contributed by atoms with Crippen LogP contribution < -0.4 is 5.32 Å². The predicted molar refractivity (Wildman–Crippen MR) is 137 cm³/mol. The molecule has 10 nitrogen and oxygen atoms in total. The lowest BCUT2D eigenvalue weighted by Crippen LogP contribution is -2.17. The van der Waals surface area contributed by atoms with Crippen molar-refractivity contribution in [3.8, 4) is 34.0 Å². The van der Waals surface area contributed by atoms with Crippen molar-refractivity contribution in [3.63, 3.8) is 0 Å². The van der Waals surface area contributed by atoms with Gasteiger partial charge in [0.25, 0.3) is 0 Å². The minimum absolute atomic E-state index is 0.0713. The zero-order chi connectivity index (χ0) is 24.6. The van der Waals surface area contributed by atoms with E-state index in [1.165, 1.54) is 0 Å². The molecule has 6 aromatic rings. The van der Waals surface area contributed by atoms with Crippen LogP contribution in [0.3, 0.4) is 0 Å². The smallest absolute Gasteiger partial charge is 0.226 e. The molecular formula is C26H21N9O. The molecule has 0 saturated heterocycles. The van der Waals surface area contributed by atoms with Crippen molar-refractivity contribution in [2.75, 3.05) is 5.32 Å². The van der Waals surface area contributed by atoms with E-state index in [1.807, 2.05) is 50.2 Å². The van der Waals surface area contributed by atoms with Gasteiger partial charge in [-0.2, -0.15) is 5.10 Å². The first-order chi connectivity index (χ1) is 17.6. The van der Waals surface area contributed by atoms with Gasteiger partial charge in [0.15, 0.2) is 11.5 Å². The highest BCUT2D eigenvalue weighted by molar-refractivity contribution is 5.97. The van der Waals surface area contributed by atoms with Crippen LogP contribution in [0.15, 0.2) is 67.4 Å². The van der Waals surface area contributed by atoms with Crippen LogP contribution in [0.1, 0.15) is 13.8 Å². The Bertz CT molecular complexity index is 1720. The Labute approximate surface area is 205 Å². The fourth-order valence-corrected chi connectivity index (χ4v) is 3.95. The van der Waals surface area contributed by atoms with Crippen LogP contribution in [0.2, 0.25) is 0 Å². The van der Waals surface area contributed by atoms with Crippen molar-refractivity contribution in [1.29, 1.82) is 0 Å². The van der Waals surface area contributed by atoms with Crippen LogP contribution in [0, 0.1) is 5.92 Å². The summed E-state index contributed by atoms with van der Waals surface area (Å²) in [6.07, 6.45) is 8.53. The molecule has 0 saturated carbocycles. The Morgan fingerprint density at radius 2 is 1.89 bits per heavy atom. The third-order valence-electron chi connectivity index (χ3n) is 5.83. The molecule has 6 aromatic heterocycles. The molecule has 0 bridgehead atoms. The summed E-state index contributed by atoms with van der Waals surface area (Å²) in [7, 11) is 0. The van der Waals surface area contributed by atoms with Crippen molar-refractivity contribution in [1.82, 2.24) is 40.1 Å². The third-order valence-corrected chi connectivity index (χ3v) is 5.83. The van der Waals surface area contributed by atoms with Gasteiger partial charge in [-0.1, -0.05) is 19.9 Å². The number of nitrogens with zero attached hydrogens (tertiary/aromatic N) is 6. The van der Waals surface area contributed by atoms with Crippen LogP contribution in [-0.4, -0.2) is 46.0 Å². The van der Waals surface area contributed by atoms with Crippen molar-refractivity contribution >= 4 is 33.7 Å². The molecule has 36 heavy (non-hydrogen) atoms. The largest absolute Gasteiger partial charge is 0.335 e. The normalized spacial score (nSPS) is 11.4. The van der Waals surface area contributed by atoms with Gasteiger partial charge in [-0.15, -0.1) is 0 Å². The number of aromatic amines is 2. The Hall–Kier alpha value is -4.99. The second-order valence-electron chi connectivity index (χ2n) is 8.65. The maximum absolute atomic E-state index is 12.1. The number of fused-ring (bicyclic) bond motifs is 2. The number of imidazole rings is 1. The number of carbonyl (C=O) groups excluding carboxylic acids is 1. The Balaban J connectivity index is 1.41. The lowest BCUT2D eigenvalue weighted by molar-refractivity contribution is -0.118. The second kappa shape index (κ2) is 8.66. The molecular weight excluding hydrogens is 454 g/mol. The fourth-order valence-electron chi connectivity index (χ4n) is 3.95. The molecule has 0 atom stereocenters. The highest BCUT2D eigenvalue weighted by Crippen LogP contribution is 2.31. The van der Waals surface area contributed by atoms with Gasteiger partial charge in [0.2, 0.25) is 5.91 Å². The molecule has 0 aromatic carbocycles. The maximum atomic E-state index is 12.1. The van der Waals surface area contributed by atoms with Gasteiger partial charge in [0, 0.05) is 41.0 Å². The van der Waals surface area contributed by atoms with E-state index in [2.05, 4.69) is 40.4 Å². The van der Waals surface area contributed by atoms with Gasteiger partial charge in [-0.3, -0.25) is 24.8 Å². The SMILES string of the molecule is CC(C)C(=O)Nc1cncc(-c2cc3c(-c4nc5nccc(-c6ccccn6)c5[nH]4)n[nH]c3cn2)c1. The summed E-state index contributed by atoms with van der Waals surface area (Å²) < 4.78 is 0. The number of anilines is 1. The zero-order valence-electron chi connectivity index (χ0n) is 19.5. The molecule has 0 fully saturated rings. The number of rotatable bonds is 5. The molecule has 0 aliphatic heterocycles. The summed E-state index contributed by atoms with van der Waals surface area (Å²) in [5.41, 5.74) is 6.61.